The van der Waals surface area contributed by atoms with E-state index in [1.807, 2.05) is 24.3 Å². The Balaban J connectivity index is 1.61. The Labute approximate surface area is 161 Å². The first-order chi connectivity index (χ1) is 13.5. The second-order valence-electron chi connectivity index (χ2n) is 6.46. The van der Waals surface area contributed by atoms with Crippen LogP contribution in [0.2, 0.25) is 0 Å². The molecule has 1 aliphatic rings. The van der Waals surface area contributed by atoms with Crippen LogP contribution in [-0.4, -0.2) is 40.6 Å². The zero-order valence-electron chi connectivity index (χ0n) is 15.1. The minimum atomic E-state index is -1.02. The number of nitrogens with one attached hydrogen (secondary N) is 1. The topological polar surface area (TPSA) is 122 Å². The normalized spacial score (nSPS) is 16.0. The molecule has 2 aromatic carbocycles. The van der Waals surface area contributed by atoms with Crippen LogP contribution in [0.4, 0.5) is 4.79 Å². The quantitative estimate of drug-likeness (QED) is 0.666. The minimum absolute atomic E-state index is 0.0238. The molecule has 0 bridgehead atoms. The molecule has 0 aliphatic carbocycles. The summed E-state index contributed by atoms with van der Waals surface area (Å²) >= 11 is 0. The Hall–Kier alpha value is -3.39. The molecule has 1 saturated heterocycles. The number of carboxylic acid groups (broad SMARTS) is 1. The van der Waals surface area contributed by atoms with Gasteiger partial charge in [0.05, 0.1) is 12.1 Å². The Morgan fingerprint density at radius 1 is 1.07 bits per heavy atom. The maximum Gasteiger partial charge on any atom is 0.410 e. The predicted molar refractivity (Wildman–Crippen MR) is 100 cm³/mol. The van der Waals surface area contributed by atoms with Crippen molar-refractivity contribution >= 4 is 18.0 Å². The summed E-state index contributed by atoms with van der Waals surface area (Å²) in [6.07, 6.45) is -0.574. The predicted octanol–water partition coefficient (Wildman–Crippen LogP) is 1.48. The summed E-state index contributed by atoms with van der Waals surface area (Å²) in [7, 11) is 0. The molecule has 0 radical (unpaired) electrons. The van der Waals surface area contributed by atoms with Crippen LogP contribution in [0.5, 0.6) is 0 Å². The van der Waals surface area contributed by atoms with Gasteiger partial charge in [-0.25, -0.2) is 9.59 Å². The fraction of sp³-hybridized carbons (Fsp3) is 0.250. The van der Waals surface area contributed by atoms with Crippen LogP contribution in [-0.2, 0) is 29.2 Å². The van der Waals surface area contributed by atoms with E-state index in [4.69, 9.17) is 15.6 Å². The molecule has 0 saturated carbocycles. The lowest BCUT2D eigenvalue weighted by atomic mass is 10.1. The van der Waals surface area contributed by atoms with E-state index in [1.54, 1.807) is 12.1 Å². The van der Waals surface area contributed by atoms with Gasteiger partial charge in [-0.2, -0.15) is 0 Å². The van der Waals surface area contributed by atoms with Crippen LogP contribution in [0.1, 0.15) is 27.0 Å². The smallest absolute Gasteiger partial charge is 0.410 e. The third-order valence-electron chi connectivity index (χ3n) is 4.56. The van der Waals surface area contributed by atoms with Crippen molar-refractivity contribution in [2.75, 3.05) is 6.61 Å². The van der Waals surface area contributed by atoms with Gasteiger partial charge in [0, 0.05) is 13.1 Å². The van der Waals surface area contributed by atoms with Crippen LogP contribution in [0.25, 0.3) is 0 Å². The molecule has 8 nitrogen and oxygen atoms in total. The van der Waals surface area contributed by atoms with E-state index in [0.717, 1.165) is 11.1 Å². The number of nitrogens with two attached hydrogens (primary N) is 1. The minimum Gasteiger partial charge on any atom is -0.478 e. The van der Waals surface area contributed by atoms with E-state index in [-0.39, 0.29) is 24.6 Å². The molecular formula is C20H21N3O5. The number of benzene rings is 2. The number of hydrogen-bond acceptors (Lipinski definition) is 5. The van der Waals surface area contributed by atoms with Crippen molar-refractivity contribution in [1.82, 2.24) is 10.2 Å². The molecule has 1 fully saturated rings. The van der Waals surface area contributed by atoms with Crippen molar-refractivity contribution in [1.29, 1.82) is 0 Å². The lowest BCUT2D eigenvalue weighted by Gasteiger charge is -2.21. The Kier molecular flexibility index (Phi) is 5.90. The Morgan fingerprint density at radius 2 is 1.68 bits per heavy atom. The number of hydrogen-bond donors (Lipinski definition) is 3. The highest BCUT2D eigenvalue weighted by Crippen LogP contribution is 2.18. The molecule has 28 heavy (non-hydrogen) atoms. The van der Waals surface area contributed by atoms with Gasteiger partial charge < -0.3 is 20.9 Å². The number of carbonyl (C=O) groups excluding carboxylic acids is 2. The molecule has 0 spiro atoms. The van der Waals surface area contributed by atoms with Crippen molar-refractivity contribution < 1.29 is 24.2 Å². The SMILES string of the molecule is NCc1ccc(CNC(=O)[C@@H]2COC(=O)N2Cc2ccc(C(=O)O)cc2)cc1. The molecule has 4 N–H and O–H groups in total. The van der Waals surface area contributed by atoms with Crippen molar-refractivity contribution in [2.45, 2.75) is 25.7 Å². The van der Waals surface area contributed by atoms with Crippen LogP contribution < -0.4 is 11.1 Å². The zero-order valence-corrected chi connectivity index (χ0v) is 15.1. The number of carboxylic acids is 1. The zero-order chi connectivity index (χ0) is 20.1. The van der Waals surface area contributed by atoms with E-state index in [2.05, 4.69) is 5.32 Å². The maximum absolute atomic E-state index is 12.5. The van der Waals surface area contributed by atoms with Crippen molar-refractivity contribution in [3.63, 3.8) is 0 Å². The number of carbonyl (C=O) groups is 3. The van der Waals surface area contributed by atoms with Gasteiger partial charge in [0.2, 0.25) is 5.91 Å². The highest BCUT2D eigenvalue weighted by atomic mass is 16.6. The van der Waals surface area contributed by atoms with Crippen LogP contribution in [0.15, 0.2) is 48.5 Å². The molecule has 0 unspecified atom stereocenters. The maximum atomic E-state index is 12.5. The van der Waals surface area contributed by atoms with Crippen LogP contribution >= 0.6 is 0 Å². The van der Waals surface area contributed by atoms with Gasteiger partial charge in [-0.05, 0) is 28.8 Å². The monoisotopic (exact) mass is 383 g/mol. The number of ether oxygens (including phenoxy) is 1. The number of nitrogens with zero attached hydrogens (tertiary/aromatic N) is 1. The standard InChI is InChI=1S/C20H21N3O5/c21-9-13-1-3-14(4-2-13)10-22-18(24)17-12-28-20(27)23(17)11-15-5-7-16(8-6-15)19(25)26/h1-8,17H,9-12,21H2,(H,22,24)(H,25,26)/t17-/m0/s1. The van der Waals surface area contributed by atoms with Gasteiger partial charge in [-0.3, -0.25) is 9.69 Å². The van der Waals surface area contributed by atoms with E-state index >= 15 is 0 Å². The van der Waals surface area contributed by atoms with Crippen LogP contribution in [0.3, 0.4) is 0 Å². The van der Waals surface area contributed by atoms with Gasteiger partial charge in [-0.15, -0.1) is 0 Å². The first kappa shape index (κ1) is 19.4. The molecule has 1 aliphatic heterocycles. The third kappa shape index (κ3) is 4.47. The van der Waals surface area contributed by atoms with Gasteiger partial charge in [0.25, 0.3) is 0 Å². The first-order valence-corrected chi connectivity index (χ1v) is 8.79. The average Bonchev–Trinajstić information content (AvgIpc) is 3.07. The summed E-state index contributed by atoms with van der Waals surface area (Å²) in [6.45, 7) is 0.915. The second kappa shape index (κ2) is 8.53. The molecule has 2 amide bonds. The number of aromatic carboxylic acids is 1. The molecule has 146 valence electrons. The molecule has 3 rings (SSSR count). The highest BCUT2D eigenvalue weighted by molar-refractivity contribution is 5.88. The fourth-order valence-electron chi connectivity index (χ4n) is 2.89. The number of cyclic esters (lactones) is 1. The van der Waals surface area contributed by atoms with Gasteiger partial charge in [0.1, 0.15) is 12.6 Å². The molecular weight excluding hydrogens is 362 g/mol. The van der Waals surface area contributed by atoms with Gasteiger partial charge >= 0.3 is 12.1 Å². The van der Waals surface area contributed by atoms with E-state index in [0.29, 0.717) is 18.7 Å². The third-order valence-corrected chi connectivity index (χ3v) is 4.56. The molecule has 2 aromatic rings. The summed E-state index contributed by atoms with van der Waals surface area (Å²) in [6, 6.07) is 13.0. The average molecular weight is 383 g/mol. The van der Waals surface area contributed by atoms with Crippen molar-refractivity contribution in [3.05, 3.63) is 70.8 Å². The molecule has 8 heteroatoms. The van der Waals surface area contributed by atoms with E-state index in [1.165, 1.54) is 17.0 Å². The number of amides is 2. The van der Waals surface area contributed by atoms with Crippen LogP contribution in [0, 0.1) is 0 Å². The van der Waals surface area contributed by atoms with E-state index in [9.17, 15) is 14.4 Å². The summed E-state index contributed by atoms with van der Waals surface area (Å²) in [4.78, 5) is 36.8. The first-order valence-electron chi connectivity index (χ1n) is 8.79. The highest BCUT2D eigenvalue weighted by Gasteiger charge is 2.37. The molecule has 0 aromatic heterocycles. The number of rotatable bonds is 7. The summed E-state index contributed by atoms with van der Waals surface area (Å²) in [5, 5.41) is 11.8. The summed E-state index contributed by atoms with van der Waals surface area (Å²) in [5.41, 5.74) is 8.36. The summed E-state index contributed by atoms with van der Waals surface area (Å²) < 4.78 is 5.03. The molecule has 1 atom stereocenters. The molecule has 1 heterocycles. The fourth-order valence-corrected chi connectivity index (χ4v) is 2.89. The lowest BCUT2D eigenvalue weighted by Crippen LogP contribution is -2.45. The summed E-state index contributed by atoms with van der Waals surface area (Å²) in [5.74, 6) is -1.33. The van der Waals surface area contributed by atoms with E-state index < -0.39 is 18.1 Å². The van der Waals surface area contributed by atoms with Crippen molar-refractivity contribution in [2.24, 2.45) is 5.73 Å². The van der Waals surface area contributed by atoms with Crippen molar-refractivity contribution in [3.8, 4) is 0 Å². The Bertz CT molecular complexity index is 864. The van der Waals surface area contributed by atoms with Gasteiger partial charge in [0.15, 0.2) is 0 Å². The second-order valence-corrected chi connectivity index (χ2v) is 6.46. The Morgan fingerprint density at radius 3 is 2.29 bits per heavy atom. The van der Waals surface area contributed by atoms with Gasteiger partial charge in [-0.1, -0.05) is 36.4 Å². The largest absolute Gasteiger partial charge is 0.478 e. The lowest BCUT2D eigenvalue weighted by molar-refractivity contribution is -0.125.